The third kappa shape index (κ3) is 2.27. The lowest BCUT2D eigenvalue weighted by Crippen LogP contribution is -1.91. The van der Waals surface area contributed by atoms with E-state index in [0.29, 0.717) is 11.4 Å². The second-order valence-electron chi connectivity index (χ2n) is 5.36. The van der Waals surface area contributed by atoms with Crippen molar-refractivity contribution >= 4 is 5.69 Å². The Morgan fingerprint density at radius 3 is 2.50 bits per heavy atom. The molecule has 0 fully saturated rings. The van der Waals surface area contributed by atoms with Gasteiger partial charge in [-0.25, -0.2) is 4.85 Å². The van der Waals surface area contributed by atoms with Crippen LogP contribution in [-0.4, -0.2) is 15.2 Å². The van der Waals surface area contributed by atoms with Gasteiger partial charge in [-0.3, -0.25) is 10.1 Å². The van der Waals surface area contributed by atoms with Crippen molar-refractivity contribution < 1.29 is 0 Å². The maximum Gasteiger partial charge on any atom is 0.236 e. The smallest absolute Gasteiger partial charge is 0.236 e. The largest absolute Gasteiger partial charge is 0.294 e. The summed E-state index contributed by atoms with van der Waals surface area (Å²) < 4.78 is 0. The monoisotopic (exact) mass is 288 g/mol. The predicted molar refractivity (Wildman–Crippen MR) is 87.7 cm³/mol. The van der Waals surface area contributed by atoms with E-state index >= 15 is 0 Å². The molecule has 108 valence electrons. The van der Waals surface area contributed by atoms with Gasteiger partial charge in [-0.15, -0.1) is 0 Å². The minimum Gasteiger partial charge on any atom is -0.294 e. The van der Waals surface area contributed by atoms with E-state index in [1.54, 1.807) is 0 Å². The lowest BCUT2D eigenvalue weighted by molar-refractivity contribution is 1.04. The van der Waals surface area contributed by atoms with E-state index < -0.39 is 0 Å². The average Bonchev–Trinajstić information content (AvgIpc) is 2.89. The topological polar surface area (TPSA) is 45.9 Å². The molecule has 1 N–H and O–H groups in total. The van der Waals surface area contributed by atoms with Crippen molar-refractivity contribution in [3.63, 3.8) is 0 Å². The molecule has 4 heteroatoms. The highest BCUT2D eigenvalue weighted by molar-refractivity contribution is 5.77. The molecule has 0 aliphatic carbocycles. The van der Waals surface area contributed by atoms with Gasteiger partial charge in [0.1, 0.15) is 5.69 Å². The molecule has 3 rings (SSSR count). The zero-order valence-electron chi connectivity index (χ0n) is 12.8. The quantitative estimate of drug-likeness (QED) is 0.700. The van der Waals surface area contributed by atoms with E-state index in [4.69, 9.17) is 6.57 Å². The van der Waals surface area contributed by atoms with Gasteiger partial charge in [0, 0.05) is 17.5 Å². The third-order valence-corrected chi connectivity index (χ3v) is 3.82. The van der Waals surface area contributed by atoms with Crippen LogP contribution in [0.15, 0.2) is 36.5 Å². The number of rotatable bonds is 2. The summed E-state index contributed by atoms with van der Waals surface area (Å²) in [4.78, 5) is 8.07. The van der Waals surface area contributed by atoms with E-state index in [1.807, 2.05) is 31.3 Å². The van der Waals surface area contributed by atoms with Crippen LogP contribution in [0.5, 0.6) is 0 Å². The van der Waals surface area contributed by atoms with Crippen molar-refractivity contribution in [1.29, 1.82) is 0 Å². The van der Waals surface area contributed by atoms with Gasteiger partial charge in [-0.05, 0) is 43.5 Å². The molecule has 0 spiro atoms. The third-order valence-electron chi connectivity index (χ3n) is 3.82. The number of hydrogen-bond donors (Lipinski definition) is 1. The highest BCUT2D eigenvalue weighted by Gasteiger charge is 2.15. The Morgan fingerprint density at radius 1 is 1.05 bits per heavy atom. The van der Waals surface area contributed by atoms with Gasteiger partial charge < -0.3 is 0 Å². The summed E-state index contributed by atoms with van der Waals surface area (Å²) in [6.45, 7) is 13.3. The first kappa shape index (κ1) is 14.0. The molecule has 4 nitrogen and oxygen atoms in total. The molecule has 2 aromatic heterocycles. The number of pyridine rings is 1. The average molecular weight is 288 g/mol. The number of aromatic nitrogens is 3. The fraction of sp³-hybridized carbons (Fsp3) is 0.167. The lowest BCUT2D eigenvalue weighted by atomic mass is 9.98. The van der Waals surface area contributed by atoms with Crippen LogP contribution in [0.4, 0.5) is 5.69 Å². The normalized spacial score (nSPS) is 10.5. The Balaban J connectivity index is 2.11. The van der Waals surface area contributed by atoms with Crippen LogP contribution >= 0.6 is 0 Å². The minimum atomic E-state index is 0.538. The predicted octanol–water partition coefficient (Wildman–Crippen LogP) is 4.61. The van der Waals surface area contributed by atoms with Crippen molar-refractivity contribution in [2.45, 2.75) is 20.8 Å². The van der Waals surface area contributed by atoms with Crippen LogP contribution in [0.2, 0.25) is 0 Å². The molecular formula is C18H16N4. The highest BCUT2D eigenvalue weighted by atomic mass is 15.1. The van der Waals surface area contributed by atoms with Gasteiger partial charge in [0.15, 0.2) is 0 Å². The van der Waals surface area contributed by atoms with Gasteiger partial charge >= 0.3 is 0 Å². The van der Waals surface area contributed by atoms with Crippen molar-refractivity contribution in [2.24, 2.45) is 0 Å². The van der Waals surface area contributed by atoms with E-state index in [2.05, 4.69) is 46.0 Å². The summed E-state index contributed by atoms with van der Waals surface area (Å²) in [5.41, 5.74) is 7.29. The molecule has 3 aromatic rings. The zero-order valence-corrected chi connectivity index (χ0v) is 12.8. The number of benzene rings is 1. The molecule has 0 saturated carbocycles. The summed E-state index contributed by atoms with van der Waals surface area (Å²) in [6, 6.07) is 10.2. The second kappa shape index (κ2) is 5.45. The fourth-order valence-corrected chi connectivity index (χ4v) is 2.58. The number of H-pyrrole nitrogens is 1. The molecule has 1 aromatic carbocycles. The summed E-state index contributed by atoms with van der Waals surface area (Å²) in [5, 5.41) is 7.07. The van der Waals surface area contributed by atoms with E-state index in [-0.39, 0.29) is 0 Å². The number of aromatic amines is 1. The van der Waals surface area contributed by atoms with Gasteiger partial charge in [-0.1, -0.05) is 24.3 Å². The number of nitrogens with zero attached hydrogens (tertiary/aromatic N) is 3. The van der Waals surface area contributed by atoms with Crippen LogP contribution in [0.1, 0.15) is 16.8 Å². The Hall–Kier alpha value is -2.93. The standard InChI is InChI=1S/C18H16N4/c1-11-7-5-6-8-14(11)15-10-20-16(9-12(15)2)18-17(19-4)13(3)21-22-18/h5-10H,1-3H3,(H,21,22). The molecule has 0 atom stereocenters. The molecule has 0 bridgehead atoms. The highest BCUT2D eigenvalue weighted by Crippen LogP contribution is 2.33. The Kier molecular flexibility index (Phi) is 3.48. The maximum atomic E-state index is 7.29. The van der Waals surface area contributed by atoms with Gasteiger partial charge in [0.2, 0.25) is 5.69 Å². The molecule has 0 unspecified atom stereocenters. The van der Waals surface area contributed by atoms with Crippen molar-refractivity contribution in [1.82, 2.24) is 15.2 Å². The van der Waals surface area contributed by atoms with Crippen molar-refractivity contribution in [3.05, 3.63) is 64.8 Å². The molecule has 0 radical (unpaired) electrons. The molecule has 0 aliphatic rings. The zero-order chi connectivity index (χ0) is 15.7. The summed E-state index contributed by atoms with van der Waals surface area (Å²) in [7, 11) is 0. The Labute approximate surface area is 129 Å². The van der Waals surface area contributed by atoms with Crippen LogP contribution in [0.25, 0.3) is 27.4 Å². The molecule has 0 aliphatic heterocycles. The van der Waals surface area contributed by atoms with Gasteiger partial charge in [0.05, 0.1) is 12.3 Å². The van der Waals surface area contributed by atoms with Crippen LogP contribution in [0, 0.1) is 27.3 Å². The molecule has 0 amide bonds. The van der Waals surface area contributed by atoms with Crippen LogP contribution < -0.4 is 0 Å². The van der Waals surface area contributed by atoms with Crippen molar-refractivity contribution in [3.8, 4) is 22.5 Å². The number of aryl methyl sites for hydroxylation is 3. The Bertz CT molecular complexity index is 884. The number of hydrogen-bond acceptors (Lipinski definition) is 2. The van der Waals surface area contributed by atoms with E-state index in [9.17, 15) is 0 Å². The molecule has 0 saturated heterocycles. The first-order chi connectivity index (χ1) is 10.6. The molecular weight excluding hydrogens is 272 g/mol. The van der Waals surface area contributed by atoms with Crippen LogP contribution in [-0.2, 0) is 0 Å². The molecule has 22 heavy (non-hydrogen) atoms. The summed E-state index contributed by atoms with van der Waals surface area (Å²) >= 11 is 0. The maximum absolute atomic E-state index is 7.29. The van der Waals surface area contributed by atoms with E-state index in [0.717, 1.165) is 22.5 Å². The number of nitrogens with one attached hydrogen (secondary N) is 1. The first-order valence-electron chi connectivity index (χ1n) is 7.07. The minimum absolute atomic E-state index is 0.538. The molecule has 2 heterocycles. The van der Waals surface area contributed by atoms with Crippen LogP contribution in [0.3, 0.4) is 0 Å². The van der Waals surface area contributed by atoms with Gasteiger partial charge in [-0.2, -0.15) is 5.10 Å². The first-order valence-corrected chi connectivity index (χ1v) is 7.07. The summed E-state index contributed by atoms with van der Waals surface area (Å²) in [5.74, 6) is 0. The Morgan fingerprint density at radius 2 is 1.82 bits per heavy atom. The second-order valence-corrected chi connectivity index (χ2v) is 5.36. The van der Waals surface area contributed by atoms with Gasteiger partial charge in [0.25, 0.3) is 0 Å². The van der Waals surface area contributed by atoms with E-state index in [1.165, 1.54) is 11.1 Å². The summed E-state index contributed by atoms with van der Waals surface area (Å²) in [6.07, 6.45) is 1.87. The lowest BCUT2D eigenvalue weighted by Gasteiger charge is -2.10. The SMILES string of the molecule is [C-]#[N+]c1c(-c2cc(C)c(-c3ccccc3C)cn2)n[nH]c1C. The fourth-order valence-electron chi connectivity index (χ4n) is 2.58. The van der Waals surface area contributed by atoms with Crippen molar-refractivity contribution in [2.75, 3.05) is 0 Å².